The summed E-state index contributed by atoms with van der Waals surface area (Å²) >= 11 is 6.62. The van der Waals surface area contributed by atoms with Gasteiger partial charge in [0.2, 0.25) is 17.2 Å². The molecular weight excluding hydrogens is 602 g/mol. The van der Waals surface area contributed by atoms with Gasteiger partial charge >= 0.3 is 5.69 Å². The first-order chi connectivity index (χ1) is 21.4. The Morgan fingerprint density at radius 2 is 1.73 bits per heavy atom. The molecule has 0 radical (unpaired) electrons. The number of allylic oxidation sites excluding steroid dienone is 1. The van der Waals surface area contributed by atoms with Crippen molar-refractivity contribution in [3.05, 3.63) is 96.3 Å². The van der Waals surface area contributed by atoms with Crippen molar-refractivity contribution in [1.82, 2.24) is 9.13 Å². The molecule has 6 rings (SSSR count). The van der Waals surface area contributed by atoms with Gasteiger partial charge in [-0.3, -0.25) is 23.5 Å². The van der Waals surface area contributed by atoms with E-state index in [1.807, 2.05) is 6.92 Å². The molecule has 1 N–H and O–H groups in total. The molecule has 3 unspecified atom stereocenters. The minimum absolute atomic E-state index is 0.000148. The number of hydrogen-bond acceptors (Lipinski definition) is 9. The third-order valence-corrected chi connectivity index (χ3v) is 9.13. The predicted molar refractivity (Wildman–Crippen MR) is 167 cm³/mol. The van der Waals surface area contributed by atoms with E-state index in [1.54, 1.807) is 38.2 Å². The summed E-state index contributed by atoms with van der Waals surface area (Å²) in [4.78, 5) is 56.1. The quantitative estimate of drug-likeness (QED) is 0.315. The Kier molecular flexibility index (Phi) is 7.19. The smallest absolute Gasteiger partial charge is 0.332 e. The first kappa shape index (κ1) is 30.3. The van der Waals surface area contributed by atoms with Crippen molar-refractivity contribution >= 4 is 29.0 Å². The summed E-state index contributed by atoms with van der Waals surface area (Å²) < 4.78 is 25.4. The fourth-order valence-corrected chi connectivity index (χ4v) is 6.75. The van der Waals surface area contributed by atoms with Gasteiger partial charge in [0.15, 0.2) is 5.75 Å². The number of ketones is 2. The molecule has 3 atom stereocenters. The number of carbonyl (C=O) groups is 2. The van der Waals surface area contributed by atoms with Gasteiger partial charge in [0.05, 0.1) is 19.8 Å². The van der Waals surface area contributed by atoms with Gasteiger partial charge in [-0.25, -0.2) is 4.79 Å². The van der Waals surface area contributed by atoms with E-state index < -0.39 is 40.3 Å². The molecule has 3 aliphatic rings. The highest BCUT2D eigenvalue weighted by Crippen LogP contribution is 2.56. The van der Waals surface area contributed by atoms with Gasteiger partial charge in [-0.15, -0.1) is 0 Å². The molecule has 0 bridgehead atoms. The van der Waals surface area contributed by atoms with Crippen molar-refractivity contribution in [2.75, 3.05) is 26.1 Å². The second-order valence-electron chi connectivity index (χ2n) is 11.6. The second kappa shape index (κ2) is 10.7. The van der Waals surface area contributed by atoms with Gasteiger partial charge in [-0.2, -0.15) is 0 Å². The van der Waals surface area contributed by atoms with E-state index in [9.17, 15) is 19.2 Å². The molecule has 0 amide bonds. The number of rotatable bonds is 6. The number of fused-ring (bicyclic) bond motifs is 2. The molecule has 1 aliphatic carbocycles. The van der Waals surface area contributed by atoms with Crippen molar-refractivity contribution in [3.8, 4) is 23.0 Å². The number of methoxy groups -OCH3 is 2. The Morgan fingerprint density at radius 3 is 2.36 bits per heavy atom. The fraction of sp³-hybridized carbons (Fsp3) is 0.333. The molecule has 11 nitrogen and oxygen atoms in total. The summed E-state index contributed by atoms with van der Waals surface area (Å²) in [5.74, 6) is -1.60. The Balaban J connectivity index is 1.56. The molecule has 1 aromatic heterocycles. The van der Waals surface area contributed by atoms with Gasteiger partial charge in [-0.05, 0) is 36.6 Å². The average Bonchev–Trinajstić information content (AvgIpc) is 3.34. The van der Waals surface area contributed by atoms with E-state index in [1.165, 1.54) is 31.9 Å². The summed E-state index contributed by atoms with van der Waals surface area (Å²) in [6, 6.07) is 8.48. The van der Waals surface area contributed by atoms with Gasteiger partial charge < -0.3 is 24.3 Å². The minimum Gasteiger partial charge on any atom is -0.496 e. The molecule has 0 saturated carbocycles. The van der Waals surface area contributed by atoms with Crippen molar-refractivity contribution < 1.29 is 28.5 Å². The standard InChI is InChI=1S/C33H32ClN3O8/c1-15(2)14-44-18-10-8-17(9-11-18)22-23-19(35-30-25(22)31(40)37(5)32(41)36(30)4)12-16(3)33(28(23)38)29(39)24-20(42-6)13-21(43-7)26(34)27(24)45-33/h8-11,13,16,22,35H,1,12,14H2,2-7H3. The molecule has 0 fully saturated rings. The number of aromatic nitrogens is 2. The summed E-state index contributed by atoms with van der Waals surface area (Å²) in [5.41, 5.74) is -0.742. The second-order valence-corrected chi connectivity index (χ2v) is 12.0. The van der Waals surface area contributed by atoms with Crippen LogP contribution in [0.25, 0.3) is 0 Å². The third-order valence-electron chi connectivity index (χ3n) is 8.77. The molecule has 3 aromatic rings. The monoisotopic (exact) mass is 633 g/mol. The topological polar surface area (TPSA) is 127 Å². The van der Waals surface area contributed by atoms with Crippen LogP contribution in [0.5, 0.6) is 23.0 Å². The lowest BCUT2D eigenvalue weighted by Gasteiger charge is -2.42. The Labute approximate surface area is 263 Å². The van der Waals surface area contributed by atoms with E-state index in [-0.39, 0.29) is 51.2 Å². The Bertz CT molecular complexity index is 1970. The molecule has 3 heterocycles. The molecule has 234 valence electrons. The van der Waals surface area contributed by atoms with Crippen LogP contribution in [-0.2, 0) is 18.9 Å². The number of hydrogen-bond donors (Lipinski definition) is 1. The highest BCUT2D eigenvalue weighted by molar-refractivity contribution is 6.36. The number of halogens is 1. The van der Waals surface area contributed by atoms with Crippen LogP contribution in [-0.4, -0.2) is 47.1 Å². The predicted octanol–water partition coefficient (Wildman–Crippen LogP) is 4.14. The summed E-state index contributed by atoms with van der Waals surface area (Å²) in [6.45, 7) is 7.77. The van der Waals surface area contributed by atoms with Crippen LogP contribution >= 0.6 is 11.6 Å². The van der Waals surface area contributed by atoms with E-state index in [2.05, 4.69) is 11.9 Å². The number of nitrogens with one attached hydrogen (secondary N) is 1. The highest BCUT2D eigenvalue weighted by atomic mass is 35.5. The van der Waals surface area contributed by atoms with Gasteiger partial charge in [0.25, 0.3) is 5.56 Å². The average molecular weight is 634 g/mol. The van der Waals surface area contributed by atoms with Gasteiger partial charge in [-0.1, -0.05) is 37.2 Å². The minimum atomic E-state index is -1.99. The zero-order valence-corrected chi connectivity index (χ0v) is 26.5. The molecule has 1 spiro atoms. The summed E-state index contributed by atoms with van der Waals surface area (Å²) in [7, 11) is 5.76. The highest BCUT2D eigenvalue weighted by Gasteiger charge is 2.63. The number of nitrogens with zero attached hydrogens (tertiary/aromatic N) is 2. The van der Waals surface area contributed by atoms with E-state index in [0.717, 1.165) is 10.1 Å². The van der Waals surface area contributed by atoms with Gasteiger partial charge in [0.1, 0.15) is 40.3 Å². The van der Waals surface area contributed by atoms with Crippen LogP contribution < -0.4 is 35.5 Å². The van der Waals surface area contributed by atoms with E-state index in [4.69, 9.17) is 30.5 Å². The Morgan fingerprint density at radius 1 is 1.07 bits per heavy atom. The number of ether oxygens (including phenoxy) is 4. The van der Waals surface area contributed by atoms with E-state index in [0.29, 0.717) is 23.6 Å². The number of benzene rings is 2. The van der Waals surface area contributed by atoms with Crippen LogP contribution in [0.2, 0.25) is 5.02 Å². The molecule has 2 aliphatic heterocycles. The summed E-state index contributed by atoms with van der Waals surface area (Å²) in [6.07, 6.45) is 0.191. The SMILES string of the molecule is C=C(C)COc1ccc(C2C3=C(CC(C)C4(Oc5c(Cl)c(OC)cc(OC)c5C4=O)C3=O)Nc3c2c(=O)n(C)c(=O)n3C)cc1. The summed E-state index contributed by atoms with van der Waals surface area (Å²) in [5, 5.41) is 3.25. The lowest BCUT2D eigenvalue weighted by atomic mass is 9.66. The maximum absolute atomic E-state index is 15.0. The zero-order chi connectivity index (χ0) is 32.5. The number of Topliss-reactive ketones (excluding diaryl/α,β-unsaturated/α-hetero) is 2. The van der Waals surface area contributed by atoms with Crippen LogP contribution in [0.15, 0.2) is 63.3 Å². The lowest BCUT2D eigenvalue weighted by molar-refractivity contribution is -0.130. The van der Waals surface area contributed by atoms with E-state index >= 15 is 0 Å². The van der Waals surface area contributed by atoms with Crippen molar-refractivity contribution in [3.63, 3.8) is 0 Å². The normalized spacial score (nSPS) is 21.5. The first-order valence-corrected chi connectivity index (χ1v) is 14.6. The third kappa shape index (κ3) is 4.24. The van der Waals surface area contributed by atoms with Crippen LogP contribution in [0, 0.1) is 5.92 Å². The molecular formula is C33H32ClN3O8. The van der Waals surface area contributed by atoms with Crippen molar-refractivity contribution in [2.45, 2.75) is 31.8 Å². The van der Waals surface area contributed by atoms with Gasteiger partial charge in [0, 0.05) is 43.3 Å². The molecule has 12 heteroatoms. The van der Waals surface area contributed by atoms with Crippen molar-refractivity contribution in [2.24, 2.45) is 20.0 Å². The number of carbonyl (C=O) groups excluding carboxylic acids is 2. The lowest BCUT2D eigenvalue weighted by Crippen LogP contribution is -2.58. The maximum atomic E-state index is 15.0. The van der Waals surface area contributed by atoms with Crippen LogP contribution in [0.3, 0.4) is 0 Å². The zero-order valence-electron chi connectivity index (χ0n) is 25.7. The molecule has 2 aromatic carbocycles. The molecule has 0 saturated heterocycles. The molecule has 45 heavy (non-hydrogen) atoms. The largest absolute Gasteiger partial charge is 0.496 e. The van der Waals surface area contributed by atoms with Crippen molar-refractivity contribution in [1.29, 1.82) is 0 Å². The maximum Gasteiger partial charge on any atom is 0.332 e. The Hall–Kier alpha value is -4.77. The fourth-order valence-electron chi connectivity index (χ4n) is 6.49. The van der Waals surface area contributed by atoms with Crippen LogP contribution in [0.4, 0.5) is 5.82 Å². The first-order valence-electron chi connectivity index (χ1n) is 14.3. The van der Waals surface area contributed by atoms with Crippen LogP contribution in [0.1, 0.15) is 47.7 Å². The number of anilines is 1.